The van der Waals surface area contributed by atoms with E-state index in [1.165, 1.54) is 21.9 Å². The molecule has 2 amide bonds. The summed E-state index contributed by atoms with van der Waals surface area (Å²) in [5.41, 5.74) is 0.554. The molecule has 1 atom stereocenters. The van der Waals surface area contributed by atoms with Gasteiger partial charge in [0.2, 0.25) is 5.91 Å². The summed E-state index contributed by atoms with van der Waals surface area (Å²) in [4.78, 5) is 28.2. The second-order valence-corrected chi connectivity index (χ2v) is 10.6. The molecule has 0 saturated carbocycles. The SMILES string of the molecule is CN(C(=O)CCN1C(=O)/C(=C\c2cccc(F)c2)SC1=S)[C@H]1CCS(=O)(=O)C1. The van der Waals surface area contributed by atoms with E-state index in [1.54, 1.807) is 25.3 Å². The maximum absolute atomic E-state index is 13.3. The molecule has 6 nitrogen and oxygen atoms in total. The van der Waals surface area contributed by atoms with Crippen molar-refractivity contribution >= 4 is 56.0 Å². The molecule has 0 unspecified atom stereocenters. The Balaban J connectivity index is 1.61. The number of thioether (sulfide) groups is 1. The van der Waals surface area contributed by atoms with Gasteiger partial charge in [-0.25, -0.2) is 12.8 Å². The molecule has 0 radical (unpaired) electrons. The third-order valence-corrected chi connectivity index (χ3v) is 7.85. The summed E-state index contributed by atoms with van der Waals surface area (Å²) in [6.07, 6.45) is 2.05. The number of halogens is 1. The van der Waals surface area contributed by atoms with Crippen molar-refractivity contribution in [2.45, 2.75) is 18.9 Å². The number of nitrogens with zero attached hydrogens (tertiary/aromatic N) is 2. The van der Waals surface area contributed by atoms with E-state index in [0.29, 0.717) is 21.2 Å². The summed E-state index contributed by atoms with van der Waals surface area (Å²) in [6.45, 7) is 0.119. The van der Waals surface area contributed by atoms with Gasteiger partial charge < -0.3 is 4.90 Å². The lowest BCUT2D eigenvalue weighted by Gasteiger charge is -2.24. The molecule has 2 aliphatic rings. The first-order chi connectivity index (χ1) is 13.2. The van der Waals surface area contributed by atoms with Crippen LogP contribution < -0.4 is 0 Å². The average Bonchev–Trinajstić information content (AvgIpc) is 3.11. The number of carbonyl (C=O) groups is 2. The van der Waals surface area contributed by atoms with Gasteiger partial charge >= 0.3 is 0 Å². The van der Waals surface area contributed by atoms with E-state index in [9.17, 15) is 22.4 Å². The number of sulfone groups is 1. The monoisotopic (exact) mass is 442 g/mol. The summed E-state index contributed by atoms with van der Waals surface area (Å²) in [7, 11) is -1.49. The normalized spacial score (nSPS) is 22.9. The molecule has 0 aliphatic carbocycles. The summed E-state index contributed by atoms with van der Waals surface area (Å²) in [5.74, 6) is -0.878. The lowest BCUT2D eigenvalue weighted by atomic mass is 10.2. The van der Waals surface area contributed by atoms with Gasteiger partial charge in [0.15, 0.2) is 9.84 Å². The number of benzene rings is 1. The van der Waals surface area contributed by atoms with E-state index >= 15 is 0 Å². The van der Waals surface area contributed by atoms with E-state index in [0.717, 1.165) is 11.8 Å². The molecule has 2 heterocycles. The van der Waals surface area contributed by atoms with Crippen molar-refractivity contribution < 1.29 is 22.4 Å². The fourth-order valence-corrected chi connectivity index (χ4v) is 6.19. The second-order valence-electron chi connectivity index (χ2n) is 6.70. The van der Waals surface area contributed by atoms with Crippen LogP contribution in [0.5, 0.6) is 0 Å². The molecule has 0 bridgehead atoms. The summed E-state index contributed by atoms with van der Waals surface area (Å²) < 4.78 is 36.8. The summed E-state index contributed by atoms with van der Waals surface area (Å²) in [5, 5.41) is 0. The van der Waals surface area contributed by atoms with Crippen molar-refractivity contribution in [2.24, 2.45) is 0 Å². The fraction of sp³-hybridized carbons (Fsp3) is 0.389. The summed E-state index contributed by atoms with van der Waals surface area (Å²) >= 11 is 6.35. The van der Waals surface area contributed by atoms with Crippen LogP contribution in [-0.4, -0.2) is 65.5 Å². The molecule has 1 aromatic rings. The molecule has 0 aromatic heterocycles. The molecule has 3 rings (SSSR count). The fourth-order valence-electron chi connectivity index (χ4n) is 3.11. The zero-order valence-corrected chi connectivity index (χ0v) is 17.6. The summed E-state index contributed by atoms with van der Waals surface area (Å²) in [6, 6.07) is 5.56. The number of hydrogen-bond acceptors (Lipinski definition) is 6. The highest BCUT2D eigenvalue weighted by Gasteiger charge is 2.35. The Hall–Kier alpha value is -1.78. The predicted molar refractivity (Wildman–Crippen MR) is 111 cm³/mol. The van der Waals surface area contributed by atoms with E-state index in [-0.39, 0.29) is 42.3 Å². The lowest BCUT2D eigenvalue weighted by Crippen LogP contribution is -2.40. The van der Waals surface area contributed by atoms with E-state index < -0.39 is 15.7 Å². The second kappa shape index (κ2) is 8.30. The van der Waals surface area contributed by atoms with Crippen LogP contribution in [-0.2, 0) is 19.4 Å². The number of amides is 2. The maximum Gasteiger partial charge on any atom is 0.266 e. The number of carbonyl (C=O) groups excluding carboxylic acids is 2. The first-order valence-corrected chi connectivity index (χ1v) is 11.7. The topological polar surface area (TPSA) is 74.8 Å². The van der Waals surface area contributed by atoms with Gasteiger partial charge in [0.05, 0.1) is 16.4 Å². The Bertz CT molecular complexity index is 961. The Morgan fingerprint density at radius 2 is 2.21 bits per heavy atom. The van der Waals surface area contributed by atoms with Crippen LogP contribution in [0.25, 0.3) is 6.08 Å². The van der Waals surface area contributed by atoms with Gasteiger partial charge in [0.1, 0.15) is 10.1 Å². The largest absolute Gasteiger partial charge is 0.342 e. The molecule has 1 aromatic carbocycles. The molecular weight excluding hydrogens is 423 g/mol. The molecule has 0 N–H and O–H groups in total. The Morgan fingerprint density at radius 3 is 2.86 bits per heavy atom. The molecule has 2 saturated heterocycles. The zero-order chi connectivity index (χ0) is 20.5. The Labute approximate surface area is 172 Å². The van der Waals surface area contributed by atoms with Gasteiger partial charge in [-0.3, -0.25) is 14.5 Å². The number of hydrogen-bond donors (Lipinski definition) is 0. The standard InChI is InChI=1S/C18H19FN2O4S3/c1-20(14-6-8-28(24,25)11-14)16(22)5-7-21-17(23)15(27-18(21)26)10-12-3-2-4-13(19)9-12/h2-4,9-10,14H,5-8,11H2,1H3/b15-10+/t14-/m0/s1. The van der Waals surface area contributed by atoms with Gasteiger partial charge in [-0.15, -0.1) is 0 Å². The van der Waals surface area contributed by atoms with Crippen molar-refractivity contribution in [1.29, 1.82) is 0 Å². The van der Waals surface area contributed by atoms with Crippen LogP contribution in [0.2, 0.25) is 0 Å². The average molecular weight is 443 g/mol. The Morgan fingerprint density at radius 1 is 1.46 bits per heavy atom. The van der Waals surface area contributed by atoms with Crippen LogP contribution in [0.4, 0.5) is 4.39 Å². The third kappa shape index (κ3) is 4.79. The van der Waals surface area contributed by atoms with Gasteiger partial charge in [-0.1, -0.05) is 36.1 Å². The molecule has 2 fully saturated rings. The van der Waals surface area contributed by atoms with Gasteiger partial charge in [-0.05, 0) is 30.2 Å². The lowest BCUT2D eigenvalue weighted by molar-refractivity contribution is -0.132. The number of rotatable bonds is 5. The predicted octanol–water partition coefficient (Wildman–Crippen LogP) is 2.06. The van der Waals surface area contributed by atoms with Crippen molar-refractivity contribution in [3.05, 3.63) is 40.6 Å². The van der Waals surface area contributed by atoms with Gasteiger partial charge in [-0.2, -0.15) is 0 Å². The highest BCUT2D eigenvalue weighted by Crippen LogP contribution is 2.32. The highest BCUT2D eigenvalue weighted by molar-refractivity contribution is 8.26. The van der Waals surface area contributed by atoms with Crippen molar-refractivity contribution in [3.8, 4) is 0 Å². The molecule has 28 heavy (non-hydrogen) atoms. The maximum atomic E-state index is 13.3. The quantitative estimate of drug-likeness (QED) is 0.513. The van der Waals surface area contributed by atoms with Crippen LogP contribution >= 0.6 is 24.0 Å². The van der Waals surface area contributed by atoms with E-state index in [1.807, 2.05) is 0 Å². The minimum absolute atomic E-state index is 0.0212. The van der Waals surface area contributed by atoms with E-state index in [4.69, 9.17) is 12.2 Å². The zero-order valence-electron chi connectivity index (χ0n) is 15.1. The molecule has 0 spiro atoms. The van der Waals surface area contributed by atoms with Crippen LogP contribution in [0, 0.1) is 5.82 Å². The molecular formula is C18H19FN2O4S3. The van der Waals surface area contributed by atoms with Crippen molar-refractivity contribution in [3.63, 3.8) is 0 Å². The first-order valence-electron chi connectivity index (χ1n) is 8.63. The third-order valence-electron chi connectivity index (χ3n) is 4.72. The molecule has 150 valence electrons. The van der Waals surface area contributed by atoms with Gasteiger partial charge in [0.25, 0.3) is 5.91 Å². The minimum Gasteiger partial charge on any atom is -0.342 e. The van der Waals surface area contributed by atoms with Crippen molar-refractivity contribution in [1.82, 2.24) is 9.80 Å². The van der Waals surface area contributed by atoms with Crippen LogP contribution in [0.1, 0.15) is 18.4 Å². The van der Waals surface area contributed by atoms with Crippen LogP contribution in [0.15, 0.2) is 29.2 Å². The van der Waals surface area contributed by atoms with Crippen LogP contribution in [0.3, 0.4) is 0 Å². The minimum atomic E-state index is -3.08. The van der Waals surface area contributed by atoms with E-state index in [2.05, 4.69) is 0 Å². The highest BCUT2D eigenvalue weighted by atomic mass is 32.2. The molecule has 10 heteroatoms. The van der Waals surface area contributed by atoms with Crippen molar-refractivity contribution in [2.75, 3.05) is 25.1 Å². The van der Waals surface area contributed by atoms with Gasteiger partial charge in [0, 0.05) is 26.1 Å². The smallest absolute Gasteiger partial charge is 0.266 e. The molecule has 2 aliphatic heterocycles. The first kappa shape index (κ1) is 20.9. The Kier molecular flexibility index (Phi) is 6.21. The number of thiocarbonyl (C=S) groups is 1.